The minimum Gasteiger partial charge on any atom is -0.316 e. The average molecular weight is 225 g/mol. The van der Waals surface area contributed by atoms with Crippen molar-refractivity contribution in [2.45, 2.75) is 46.0 Å². The van der Waals surface area contributed by atoms with Crippen LogP contribution in [0.4, 0.5) is 0 Å². The van der Waals surface area contributed by atoms with E-state index in [1.54, 1.807) is 0 Å². The van der Waals surface area contributed by atoms with Crippen LogP contribution in [-0.2, 0) is 11.8 Å². The molecule has 0 aliphatic heterocycles. The van der Waals surface area contributed by atoms with Crippen molar-refractivity contribution in [3.63, 3.8) is 0 Å². The van der Waals surface area contributed by atoms with Crippen LogP contribution in [0, 0.1) is 0 Å². The summed E-state index contributed by atoms with van der Waals surface area (Å²) < 4.78 is 0. The summed E-state index contributed by atoms with van der Waals surface area (Å²) >= 11 is 1.96. The predicted molar refractivity (Wildman–Crippen MR) is 69.9 cm³/mol. The lowest BCUT2D eigenvalue weighted by atomic mass is 9.95. The Morgan fingerprint density at radius 1 is 1.20 bits per heavy atom. The van der Waals surface area contributed by atoms with Crippen LogP contribution in [0.15, 0.2) is 12.1 Å². The Morgan fingerprint density at radius 3 is 2.47 bits per heavy atom. The van der Waals surface area contributed by atoms with Crippen LogP contribution in [0.1, 0.15) is 43.9 Å². The molecule has 0 atom stereocenters. The molecule has 0 aliphatic carbocycles. The molecule has 1 N–H and O–H groups in total. The maximum Gasteiger partial charge on any atom is 0.0102 e. The molecule has 0 aliphatic rings. The van der Waals surface area contributed by atoms with Gasteiger partial charge in [-0.2, -0.15) is 0 Å². The van der Waals surface area contributed by atoms with E-state index in [0.29, 0.717) is 5.41 Å². The summed E-state index contributed by atoms with van der Waals surface area (Å²) in [4.78, 5) is 3.00. The summed E-state index contributed by atoms with van der Waals surface area (Å²) in [5.74, 6) is 0. The quantitative estimate of drug-likeness (QED) is 0.755. The highest BCUT2D eigenvalue weighted by atomic mass is 32.1. The molecular weight excluding hydrogens is 202 g/mol. The van der Waals surface area contributed by atoms with E-state index < -0.39 is 0 Å². The molecule has 1 aromatic rings. The number of hydrogen-bond donors (Lipinski definition) is 1. The molecule has 0 fully saturated rings. The zero-order valence-corrected chi connectivity index (χ0v) is 11.2. The highest BCUT2D eigenvalue weighted by molar-refractivity contribution is 7.12. The molecule has 1 heterocycles. The molecule has 0 bridgehead atoms. The second-order valence-corrected chi connectivity index (χ2v) is 6.18. The van der Waals surface area contributed by atoms with Crippen molar-refractivity contribution in [1.82, 2.24) is 5.32 Å². The Kier molecular flexibility index (Phi) is 4.81. The first-order chi connectivity index (χ1) is 7.04. The molecule has 0 radical (unpaired) electrons. The van der Waals surface area contributed by atoms with Crippen molar-refractivity contribution in [3.8, 4) is 0 Å². The van der Waals surface area contributed by atoms with Gasteiger partial charge in [-0.3, -0.25) is 0 Å². The van der Waals surface area contributed by atoms with Gasteiger partial charge >= 0.3 is 0 Å². The van der Waals surface area contributed by atoms with E-state index in [0.717, 1.165) is 13.1 Å². The summed E-state index contributed by atoms with van der Waals surface area (Å²) in [6.45, 7) is 11.3. The van der Waals surface area contributed by atoms with Gasteiger partial charge < -0.3 is 5.32 Å². The zero-order chi connectivity index (χ0) is 11.3. The minimum atomic E-state index is 0.305. The van der Waals surface area contributed by atoms with Crippen molar-refractivity contribution < 1.29 is 0 Å². The molecule has 0 saturated carbocycles. The van der Waals surface area contributed by atoms with Gasteiger partial charge in [0.2, 0.25) is 0 Å². The zero-order valence-electron chi connectivity index (χ0n) is 10.4. The Morgan fingerprint density at radius 2 is 1.93 bits per heavy atom. The molecule has 1 aromatic heterocycles. The van der Waals surface area contributed by atoms with E-state index in [1.807, 2.05) is 11.3 Å². The normalized spacial score (nSPS) is 12.0. The van der Waals surface area contributed by atoms with Gasteiger partial charge in [-0.15, -0.1) is 11.3 Å². The van der Waals surface area contributed by atoms with Gasteiger partial charge in [-0.25, -0.2) is 0 Å². The lowest BCUT2D eigenvalue weighted by Gasteiger charge is -2.15. The minimum absolute atomic E-state index is 0.305. The van der Waals surface area contributed by atoms with Crippen LogP contribution in [-0.4, -0.2) is 13.1 Å². The predicted octanol–water partition coefficient (Wildman–Crippen LogP) is 3.59. The highest BCUT2D eigenvalue weighted by Gasteiger charge is 2.15. The number of rotatable bonds is 5. The van der Waals surface area contributed by atoms with Crippen LogP contribution in [0.3, 0.4) is 0 Å². The SMILES string of the molecule is CCCNCCc1ccc(C(C)(C)C)s1. The van der Waals surface area contributed by atoms with E-state index in [1.165, 1.54) is 22.6 Å². The molecule has 86 valence electrons. The highest BCUT2D eigenvalue weighted by Crippen LogP contribution is 2.29. The molecule has 0 spiro atoms. The second kappa shape index (κ2) is 5.66. The summed E-state index contributed by atoms with van der Waals surface area (Å²) in [6.07, 6.45) is 2.39. The topological polar surface area (TPSA) is 12.0 Å². The van der Waals surface area contributed by atoms with E-state index in [9.17, 15) is 0 Å². The van der Waals surface area contributed by atoms with Crippen molar-refractivity contribution in [2.75, 3.05) is 13.1 Å². The largest absolute Gasteiger partial charge is 0.316 e. The molecule has 1 rings (SSSR count). The summed E-state index contributed by atoms with van der Waals surface area (Å²) in [5.41, 5.74) is 0.305. The van der Waals surface area contributed by atoms with Gasteiger partial charge in [-0.1, -0.05) is 27.7 Å². The third-order valence-corrected chi connectivity index (χ3v) is 3.95. The first kappa shape index (κ1) is 12.7. The van der Waals surface area contributed by atoms with Gasteiger partial charge in [0.05, 0.1) is 0 Å². The molecule has 2 heteroatoms. The fourth-order valence-electron chi connectivity index (χ4n) is 1.43. The second-order valence-electron chi connectivity index (χ2n) is 5.02. The maximum atomic E-state index is 3.44. The fourth-order valence-corrected chi connectivity index (χ4v) is 2.49. The molecule has 0 unspecified atom stereocenters. The van der Waals surface area contributed by atoms with Crippen LogP contribution in [0.25, 0.3) is 0 Å². The third kappa shape index (κ3) is 4.35. The standard InChI is InChI=1S/C13H23NS/c1-5-9-14-10-8-11-6-7-12(15-11)13(2,3)4/h6-7,14H,5,8-10H2,1-4H3. The molecule has 15 heavy (non-hydrogen) atoms. The van der Waals surface area contributed by atoms with Crippen molar-refractivity contribution in [3.05, 3.63) is 21.9 Å². The Balaban J connectivity index is 2.40. The van der Waals surface area contributed by atoms with Gasteiger partial charge in [-0.05, 0) is 43.5 Å². The van der Waals surface area contributed by atoms with Crippen LogP contribution < -0.4 is 5.32 Å². The lowest BCUT2D eigenvalue weighted by Crippen LogP contribution is -2.17. The van der Waals surface area contributed by atoms with E-state index in [-0.39, 0.29) is 0 Å². The van der Waals surface area contributed by atoms with E-state index in [2.05, 4.69) is 45.1 Å². The Hall–Kier alpha value is -0.340. The van der Waals surface area contributed by atoms with Crippen LogP contribution in [0.5, 0.6) is 0 Å². The fraction of sp³-hybridized carbons (Fsp3) is 0.692. The summed E-state index contributed by atoms with van der Waals surface area (Å²) in [5, 5.41) is 3.44. The van der Waals surface area contributed by atoms with Gasteiger partial charge in [0.1, 0.15) is 0 Å². The first-order valence-electron chi connectivity index (χ1n) is 5.84. The Bertz CT molecular complexity index is 283. The molecule has 0 amide bonds. The van der Waals surface area contributed by atoms with Crippen LogP contribution >= 0.6 is 11.3 Å². The van der Waals surface area contributed by atoms with Gasteiger partial charge in [0, 0.05) is 9.75 Å². The monoisotopic (exact) mass is 225 g/mol. The molecule has 1 nitrogen and oxygen atoms in total. The maximum absolute atomic E-state index is 3.44. The molecule has 0 aromatic carbocycles. The van der Waals surface area contributed by atoms with Crippen LogP contribution in [0.2, 0.25) is 0 Å². The molecular formula is C13H23NS. The van der Waals surface area contributed by atoms with Gasteiger partial charge in [0.25, 0.3) is 0 Å². The first-order valence-corrected chi connectivity index (χ1v) is 6.65. The Labute approximate surface area is 97.9 Å². The summed E-state index contributed by atoms with van der Waals surface area (Å²) in [6, 6.07) is 4.55. The molecule has 0 saturated heterocycles. The summed E-state index contributed by atoms with van der Waals surface area (Å²) in [7, 11) is 0. The van der Waals surface area contributed by atoms with Crippen molar-refractivity contribution in [2.24, 2.45) is 0 Å². The number of thiophene rings is 1. The van der Waals surface area contributed by atoms with E-state index >= 15 is 0 Å². The van der Waals surface area contributed by atoms with E-state index in [4.69, 9.17) is 0 Å². The third-order valence-electron chi connectivity index (χ3n) is 2.38. The average Bonchev–Trinajstić information content (AvgIpc) is 2.60. The van der Waals surface area contributed by atoms with Gasteiger partial charge in [0.15, 0.2) is 0 Å². The smallest absolute Gasteiger partial charge is 0.0102 e. The lowest BCUT2D eigenvalue weighted by molar-refractivity contribution is 0.604. The number of hydrogen-bond acceptors (Lipinski definition) is 2. The van der Waals surface area contributed by atoms with Crippen molar-refractivity contribution >= 4 is 11.3 Å². The van der Waals surface area contributed by atoms with Crippen molar-refractivity contribution in [1.29, 1.82) is 0 Å². The number of nitrogens with one attached hydrogen (secondary N) is 1.